The molecule has 0 saturated carbocycles. The standard InChI is InChI=1S/C28H19ClN2O5/c1-16-13-23(30-36-16)31-25(24-26(32)21-7-2-3-8-22(21)35-27(24)28(31)33)18-5-4-6-20(14-18)34-15-17-9-11-19(29)12-10-17/h2-14,25H,15H2,1H3/t25-/m1/s1. The molecule has 36 heavy (non-hydrogen) atoms. The Balaban J connectivity index is 1.46. The van der Waals surface area contributed by atoms with Crippen molar-refractivity contribution in [1.29, 1.82) is 0 Å². The van der Waals surface area contributed by atoms with Crippen molar-refractivity contribution < 1.29 is 18.5 Å². The van der Waals surface area contributed by atoms with Crippen LogP contribution in [-0.4, -0.2) is 11.1 Å². The van der Waals surface area contributed by atoms with Gasteiger partial charge in [0.25, 0.3) is 5.91 Å². The van der Waals surface area contributed by atoms with Crippen molar-refractivity contribution in [3.05, 3.63) is 122 Å². The fourth-order valence-corrected chi connectivity index (χ4v) is 4.59. The second-order valence-corrected chi connectivity index (χ2v) is 8.97. The minimum atomic E-state index is -0.767. The van der Waals surface area contributed by atoms with Gasteiger partial charge in [0.05, 0.1) is 17.0 Å². The molecule has 5 aromatic rings. The van der Waals surface area contributed by atoms with E-state index >= 15 is 0 Å². The summed E-state index contributed by atoms with van der Waals surface area (Å²) in [6, 6.07) is 22.5. The second-order valence-electron chi connectivity index (χ2n) is 8.53. The third-order valence-corrected chi connectivity index (χ3v) is 6.38. The van der Waals surface area contributed by atoms with Crippen molar-refractivity contribution in [1.82, 2.24) is 5.16 Å². The molecule has 0 radical (unpaired) electrons. The first-order valence-corrected chi connectivity index (χ1v) is 11.7. The summed E-state index contributed by atoms with van der Waals surface area (Å²) in [6.07, 6.45) is 0. The molecule has 0 N–H and O–H groups in total. The molecule has 0 saturated heterocycles. The van der Waals surface area contributed by atoms with E-state index in [9.17, 15) is 9.59 Å². The van der Waals surface area contributed by atoms with E-state index in [2.05, 4.69) is 5.16 Å². The van der Waals surface area contributed by atoms with Gasteiger partial charge < -0.3 is 13.7 Å². The summed E-state index contributed by atoms with van der Waals surface area (Å²) in [7, 11) is 0. The number of aryl methyl sites for hydroxylation is 1. The number of anilines is 1. The third-order valence-electron chi connectivity index (χ3n) is 6.13. The largest absolute Gasteiger partial charge is 0.489 e. The number of nitrogens with zero attached hydrogens (tertiary/aromatic N) is 2. The van der Waals surface area contributed by atoms with E-state index in [4.69, 9.17) is 25.3 Å². The number of halogens is 1. The summed E-state index contributed by atoms with van der Waals surface area (Å²) in [5, 5.41) is 5.11. The van der Waals surface area contributed by atoms with Crippen molar-refractivity contribution in [2.45, 2.75) is 19.6 Å². The number of hydrogen-bond donors (Lipinski definition) is 0. The van der Waals surface area contributed by atoms with Gasteiger partial charge in [0.15, 0.2) is 11.2 Å². The minimum Gasteiger partial charge on any atom is -0.489 e. The van der Waals surface area contributed by atoms with Crippen LogP contribution in [0.25, 0.3) is 11.0 Å². The van der Waals surface area contributed by atoms with Gasteiger partial charge in [-0.1, -0.05) is 53.2 Å². The van der Waals surface area contributed by atoms with Gasteiger partial charge in [0, 0.05) is 11.1 Å². The molecule has 1 aliphatic rings. The number of carbonyl (C=O) groups excluding carboxylic acids is 1. The molecule has 0 unspecified atom stereocenters. The van der Waals surface area contributed by atoms with Crippen LogP contribution in [0, 0.1) is 6.92 Å². The summed E-state index contributed by atoms with van der Waals surface area (Å²) in [5.74, 6) is 0.960. The zero-order valence-electron chi connectivity index (χ0n) is 19.1. The molecule has 7 nitrogen and oxygen atoms in total. The Bertz CT molecular complexity index is 1670. The molecule has 6 rings (SSSR count). The normalized spacial score (nSPS) is 14.9. The highest BCUT2D eigenvalue weighted by molar-refractivity contribution is 6.30. The van der Waals surface area contributed by atoms with E-state index in [1.165, 1.54) is 4.90 Å². The number of amides is 1. The maximum absolute atomic E-state index is 13.6. The Morgan fingerprint density at radius 1 is 1.00 bits per heavy atom. The Kier molecular flexibility index (Phi) is 5.34. The molecule has 3 heterocycles. The van der Waals surface area contributed by atoms with Crippen LogP contribution in [0.5, 0.6) is 5.75 Å². The van der Waals surface area contributed by atoms with Gasteiger partial charge in [-0.05, 0) is 54.4 Å². The zero-order valence-corrected chi connectivity index (χ0v) is 19.9. The first-order chi connectivity index (χ1) is 17.5. The molecule has 2 aromatic heterocycles. The Morgan fingerprint density at radius 3 is 2.58 bits per heavy atom. The molecular formula is C28H19ClN2O5. The molecule has 0 spiro atoms. The first-order valence-electron chi connectivity index (χ1n) is 11.3. The van der Waals surface area contributed by atoms with Crippen LogP contribution in [0.15, 0.2) is 92.6 Å². The summed E-state index contributed by atoms with van der Waals surface area (Å²) < 4.78 is 17.2. The van der Waals surface area contributed by atoms with Crippen LogP contribution in [0.4, 0.5) is 5.82 Å². The number of fused-ring (bicyclic) bond motifs is 2. The summed E-state index contributed by atoms with van der Waals surface area (Å²) >= 11 is 5.97. The molecular weight excluding hydrogens is 480 g/mol. The summed E-state index contributed by atoms with van der Waals surface area (Å²) in [6.45, 7) is 2.07. The molecule has 3 aromatic carbocycles. The number of carbonyl (C=O) groups is 1. The van der Waals surface area contributed by atoms with Crippen LogP contribution >= 0.6 is 11.6 Å². The lowest BCUT2D eigenvalue weighted by Crippen LogP contribution is -2.29. The molecule has 178 valence electrons. The molecule has 1 aliphatic heterocycles. The highest BCUT2D eigenvalue weighted by Gasteiger charge is 2.45. The average molecular weight is 499 g/mol. The van der Waals surface area contributed by atoms with E-state index in [1.807, 2.05) is 36.4 Å². The Hall–Kier alpha value is -4.36. The van der Waals surface area contributed by atoms with Gasteiger partial charge in [0.2, 0.25) is 5.76 Å². The van der Waals surface area contributed by atoms with E-state index in [0.29, 0.717) is 45.5 Å². The smallest absolute Gasteiger partial charge is 0.296 e. The summed E-state index contributed by atoms with van der Waals surface area (Å²) in [4.78, 5) is 28.6. The molecule has 8 heteroatoms. The number of ether oxygens (including phenoxy) is 1. The first kappa shape index (κ1) is 22.1. The van der Waals surface area contributed by atoms with Gasteiger partial charge in [-0.3, -0.25) is 14.5 Å². The van der Waals surface area contributed by atoms with E-state index in [1.54, 1.807) is 49.4 Å². The van der Waals surface area contributed by atoms with Crippen molar-refractivity contribution in [3.8, 4) is 5.75 Å². The van der Waals surface area contributed by atoms with Crippen LogP contribution in [0.3, 0.4) is 0 Å². The molecule has 0 aliphatic carbocycles. The van der Waals surface area contributed by atoms with Gasteiger partial charge in [-0.2, -0.15) is 0 Å². The van der Waals surface area contributed by atoms with Gasteiger partial charge in [0.1, 0.15) is 23.7 Å². The van der Waals surface area contributed by atoms with Gasteiger partial charge >= 0.3 is 0 Å². The highest BCUT2D eigenvalue weighted by Crippen LogP contribution is 2.41. The predicted octanol–water partition coefficient (Wildman–Crippen LogP) is 6.07. The number of benzene rings is 3. The minimum absolute atomic E-state index is 0.00293. The fraction of sp³-hybridized carbons (Fsp3) is 0.107. The van der Waals surface area contributed by atoms with Gasteiger partial charge in [-0.25, -0.2) is 0 Å². The topological polar surface area (TPSA) is 85.8 Å². The Morgan fingerprint density at radius 2 is 1.81 bits per heavy atom. The number of rotatable bonds is 5. The third kappa shape index (κ3) is 3.74. The molecule has 1 atom stereocenters. The number of para-hydroxylation sites is 1. The zero-order chi connectivity index (χ0) is 24.8. The highest BCUT2D eigenvalue weighted by atomic mass is 35.5. The lowest BCUT2D eigenvalue weighted by Gasteiger charge is -2.22. The average Bonchev–Trinajstić information content (AvgIpc) is 3.44. The quantitative estimate of drug-likeness (QED) is 0.292. The lowest BCUT2D eigenvalue weighted by atomic mass is 9.98. The second kappa shape index (κ2) is 8.70. The number of hydrogen-bond acceptors (Lipinski definition) is 6. The van der Waals surface area contributed by atoms with Crippen molar-refractivity contribution in [3.63, 3.8) is 0 Å². The molecule has 1 amide bonds. The predicted molar refractivity (Wildman–Crippen MR) is 135 cm³/mol. The van der Waals surface area contributed by atoms with Crippen molar-refractivity contribution in [2.75, 3.05) is 4.90 Å². The molecule has 0 fully saturated rings. The van der Waals surface area contributed by atoms with Crippen molar-refractivity contribution >= 4 is 34.3 Å². The van der Waals surface area contributed by atoms with Crippen molar-refractivity contribution in [2.24, 2.45) is 0 Å². The monoisotopic (exact) mass is 498 g/mol. The molecule has 0 bridgehead atoms. The van der Waals surface area contributed by atoms with Crippen LogP contribution < -0.4 is 15.1 Å². The Labute approximate surface area is 210 Å². The van der Waals surface area contributed by atoms with E-state index in [-0.39, 0.29) is 16.8 Å². The SMILES string of the molecule is Cc1cc(N2C(=O)c3oc4ccccc4c(=O)c3[C@H]2c2cccc(OCc3ccc(Cl)cc3)c2)no1. The summed E-state index contributed by atoms with van der Waals surface area (Å²) in [5.41, 5.74) is 1.98. The van der Waals surface area contributed by atoms with E-state index in [0.717, 1.165) is 5.56 Å². The maximum Gasteiger partial charge on any atom is 0.296 e. The van der Waals surface area contributed by atoms with Crippen LogP contribution in [0.1, 0.15) is 39.0 Å². The van der Waals surface area contributed by atoms with Crippen LogP contribution in [0.2, 0.25) is 5.02 Å². The van der Waals surface area contributed by atoms with Gasteiger partial charge in [-0.15, -0.1) is 0 Å². The fourth-order valence-electron chi connectivity index (χ4n) is 4.46. The van der Waals surface area contributed by atoms with E-state index < -0.39 is 11.9 Å². The maximum atomic E-state index is 13.6. The number of aromatic nitrogens is 1. The lowest BCUT2D eigenvalue weighted by molar-refractivity contribution is 0.0969. The van der Waals surface area contributed by atoms with Crippen LogP contribution in [-0.2, 0) is 6.61 Å².